The highest BCUT2D eigenvalue weighted by Crippen LogP contribution is 2.24. The molecule has 5 nitrogen and oxygen atoms in total. The molecule has 1 aromatic carbocycles. The van der Waals surface area contributed by atoms with Crippen LogP contribution >= 0.6 is 0 Å². The number of aliphatic hydroxyl groups is 1. The number of amides is 1. The largest absolute Gasteiger partial charge is 0.391 e. The van der Waals surface area contributed by atoms with Gasteiger partial charge in [-0.15, -0.1) is 0 Å². The molecule has 25 heavy (non-hydrogen) atoms. The Hall–Kier alpha value is -1.43. The van der Waals surface area contributed by atoms with Crippen LogP contribution in [0.5, 0.6) is 0 Å². The second-order valence-electron chi connectivity index (χ2n) is 7.29. The molecule has 1 aromatic rings. The summed E-state index contributed by atoms with van der Waals surface area (Å²) in [4.78, 5) is 16.6. The third kappa shape index (κ3) is 5.03. The van der Waals surface area contributed by atoms with E-state index in [0.29, 0.717) is 13.0 Å². The van der Waals surface area contributed by atoms with Crippen molar-refractivity contribution in [3.8, 4) is 0 Å². The van der Waals surface area contributed by atoms with E-state index in [0.717, 1.165) is 52.2 Å². The van der Waals surface area contributed by atoms with Crippen LogP contribution in [-0.2, 0) is 16.0 Å². The minimum atomic E-state index is -0.430. The summed E-state index contributed by atoms with van der Waals surface area (Å²) in [5, 5.41) is 10.5. The van der Waals surface area contributed by atoms with Crippen molar-refractivity contribution in [3.63, 3.8) is 0 Å². The summed E-state index contributed by atoms with van der Waals surface area (Å²) in [7, 11) is 0. The van der Waals surface area contributed by atoms with Crippen LogP contribution in [-0.4, -0.2) is 72.9 Å². The maximum absolute atomic E-state index is 12.5. The highest BCUT2D eigenvalue weighted by atomic mass is 16.5. The zero-order valence-corrected chi connectivity index (χ0v) is 15.2. The van der Waals surface area contributed by atoms with E-state index in [9.17, 15) is 9.90 Å². The number of benzene rings is 1. The topological polar surface area (TPSA) is 53.0 Å². The Morgan fingerprint density at radius 1 is 1.24 bits per heavy atom. The quantitative estimate of drug-likeness (QED) is 0.877. The second-order valence-corrected chi connectivity index (χ2v) is 7.29. The van der Waals surface area contributed by atoms with Gasteiger partial charge in [-0.05, 0) is 36.8 Å². The maximum Gasteiger partial charge on any atom is 0.223 e. The Morgan fingerprint density at radius 3 is 2.72 bits per heavy atom. The molecule has 0 unspecified atom stereocenters. The molecule has 2 heterocycles. The Kier molecular flexibility index (Phi) is 6.45. The molecule has 3 rings (SSSR count). The van der Waals surface area contributed by atoms with E-state index in [1.165, 1.54) is 11.1 Å². The van der Waals surface area contributed by atoms with Crippen LogP contribution in [0.3, 0.4) is 0 Å². The van der Waals surface area contributed by atoms with Crippen molar-refractivity contribution in [2.75, 3.05) is 45.9 Å². The molecule has 2 aliphatic rings. The van der Waals surface area contributed by atoms with E-state index in [4.69, 9.17) is 4.74 Å². The third-order valence-electron chi connectivity index (χ3n) is 5.56. The predicted octanol–water partition coefficient (Wildman–Crippen LogP) is 1.47. The van der Waals surface area contributed by atoms with Gasteiger partial charge in [0.25, 0.3) is 0 Å². The summed E-state index contributed by atoms with van der Waals surface area (Å²) in [6.07, 6.45) is 1.87. The molecular weight excluding hydrogens is 316 g/mol. The molecule has 2 aliphatic heterocycles. The Morgan fingerprint density at radius 2 is 2.00 bits per heavy atom. The van der Waals surface area contributed by atoms with Crippen LogP contribution in [0, 0.1) is 12.8 Å². The van der Waals surface area contributed by atoms with Gasteiger partial charge in [-0.1, -0.05) is 24.3 Å². The van der Waals surface area contributed by atoms with Gasteiger partial charge in [0.15, 0.2) is 0 Å². The molecule has 2 fully saturated rings. The van der Waals surface area contributed by atoms with Gasteiger partial charge in [-0.3, -0.25) is 9.69 Å². The van der Waals surface area contributed by atoms with Gasteiger partial charge in [-0.25, -0.2) is 0 Å². The first kappa shape index (κ1) is 18.4. The first-order valence-electron chi connectivity index (χ1n) is 9.44. The van der Waals surface area contributed by atoms with Gasteiger partial charge in [0.1, 0.15) is 0 Å². The predicted molar refractivity (Wildman–Crippen MR) is 97.5 cm³/mol. The average Bonchev–Trinajstić information content (AvgIpc) is 2.64. The van der Waals surface area contributed by atoms with Crippen molar-refractivity contribution in [2.45, 2.75) is 32.3 Å². The van der Waals surface area contributed by atoms with Crippen molar-refractivity contribution in [3.05, 3.63) is 35.4 Å². The van der Waals surface area contributed by atoms with Crippen LogP contribution in [0.15, 0.2) is 24.3 Å². The number of carbonyl (C=O) groups excluding carboxylic acids is 1. The molecule has 1 N–H and O–H groups in total. The highest BCUT2D eigenvalue weighted by Gasteiger charge is 2.30. The van der Waals surface area contributed by atoms with Gasteiger partial charge < -0.3 is 14.7 Å². The molecule has 138 valence electrons. The minimum absolute atomic E-state index is 0.167. The number of nitrogens with zero attached hydrogens (tertiary/aromatic N) is 2. The van der Waals surface area contributed by atoms with Gasteiger partial charge in [0.05, 0.1) is 19.3 Å². The molecule has 0 aromatic heterocycles. The average molecular weight is 346 g/mol. The number of ether oxygens (including phenoxy) is 1. The van der Waals surface area contributed by atoms with Gasteiger partial charge in [0.2, 0.25) is 5.91 Å². The molecule has 0 saturated carbocycles. The lowest BCUT2D eigenvalue weighted by Crippen LogP contribution is -2.48. The third-order valence-corrected chi connectivity index (χ3v) is 5.56. The zero-order chi connectivity index (χ0) is 17.6. The first-order valence-corrected chi connectivity index (χ1v) is 9.44. The standard InChI is InChI=1S/C20H30N2O3/c1-16-4-2-3-5-17(16)14-18-6-9-22(15-19(18)23)20(24)7-8-21-10-12-25-13-11-21/h2-5,18-19,23H,6-15H2,1H3/t18-,19-/m1/s1. The van der Waals surface area contributed by atoms with Gasteiger partial charge in [-0.2, -0.15) is 0 Å². The van der Waals surface area contributed by atoms with Crippen LogP contribution in [0.4, 0.5) is 0 Å². The molecule has 2 saturated heterocycles. The van der Waals surface area contributed by atoms with E-state index in [-0.39, 0.29) is 11.8 Å². The van der Waals surface area contributed by atoms with E-state index in [1.807, 2.05) is 11.0 Å². The number of morpholine rings is 1. The number of piperidine rings is 1. The summed E-state index contributed by atoms with van der Waals surface area (Å²) in [6, 6.07) is 8.36. The van der Waals surface area contributed by atoms with Crippen molar-refractivity contribution in [2.24, 2.45) is 5.92 Å². The normalized spacial score (nSPS) is 25.1. The number of hydrogen-bond acceptors (Lipinski definition) is 4. The second kappa shape index (κ2) is 8.79. The number of β-amino-alcohol motifs (C(OH)–C–C–N with tert-alkyl or cyclic N) is 1. The molecular formula is C20H30N2O3. The molecule has 5 heteroatoms. The summed E-state index contributed by atoms with van der Waals surface area (Å²) in [5.74, 6) is 0.407. The number of hydrogen-bond donors (Lipinski definition) is 1. The minimum Gasteiger partial charge on any atom is -0.391 e. The maximum atomic E-state index is 12.5. The monoisotopic (exact) mass is 346 g/mol. The lowest BCUT2D eigenvalue weighted by atomic mass is 9.86. The number of carbonyl (C=O) groups is 1. The fraction of sp³-hybridized carbons (Fsp3) is 0.650. The van der Waals surface area contributed by atoms with Crippen LogP contribution < -0.4 is 0 Å². The van der Waals surface area contributed by atoms with E-state index >= 15 is 0 Å². The number of rotatable bonds is 5. The number of likely N-dealkylation sites (tertiary alicyclic amines) is 1. The fourth-order valence-electron chi connectivity index (χ4n) is 3.80. The van der Waals surface area contributed by atoms with Crippen molar-refractivity contribution in [1.82, 2.24) is 9.80 Å². The summed E-state index contributed by atoms with van der Waals surface area (Å²) < 4.78 is 5.34. The lowest BCUT2D eigenvalue weighted by Gasteiger charge is -2.37. The molecule has 0 bridgehead atoms. The van der Waals surface area contributed by atoms with Crippen molar-refractivity contribution >= 4 is 5.91 Å². The smallest absolute Gasteiger partial charge is 0.223 e. The molecule has 2 atom stereocenters. The van der Waals surface area contributed by atoms with Crippen LogP contribution in [0.25, 0.3) is 0 Å². The SMILES string of the molecule is Cc1ccccc1C[C@H]1CCN(C(=O)CCN2CCOCC2)C[C@H]1O. The van der Waals surface area contributed by atoms with E-state index in [2.05, 4.69) is 30.0 Å². The summed E-state index contributed by atoms with van der Waals surface area (Å²) >= 11 is 0. The summed E-state index contributed by atoms with van der Waals surface area (Å²) in [5.41, 5.74) is 2.58. The lowest BCUT2D eigenvalue weighted by molar-refractivity contribution is -0.136. The van der Waals surface area contributed by atoms with Gasteiger partial charge in [0, 0.05) is 39.1 Å². The summed E-state index contributed by atoms with van der Waals surface area (Å²) in [6.45, 7) is 7.48. The van der Waals surface area contributed by atoms with E-state index in [1.54, 1.807) is 0 Å². The highest BCUT2D eigenvalue weighted by molar-refractivity contribution is 5.76. The van der Waals surface area contributed by atoms with Gasteiger partial charge >= 0.3 is 0 Å². The van der Waals surface area contributed by atoms with Crippen molar-refractivity contribution < 1.29 is 14.6 Å². The molecule has 0 spiro atoms. The van der Waals surface area contributed by atoms with Crippen molar-refractivity contribution in [1.29, 1.82) is 0 Å². The first-order chi connectivity index (χ1) is 12.1. The van der Waals surface area contributed by atoms with Crippen LogP contribution in [0.2, 0.25) is 0 Å². The molecule has 0 radical (unpaired) electrons. The molecule has 1 amide bonds. The molecule has 0 aliphatic carbocycles. The van der Waals surface area contributed by atoms with E-state index < -0.39 is 6.10 Å². The number of aryl methyl sites for hydroxylation is 1. The Balaban J connectivity index is 1.46. The Bertz CT molecular complexity index is 572. The zero-order valence-electron chi connectivity index (χ0n) is 15.2. The van der Waals surface area contributed by atoms with Crippen LogP contribution in [0.1, 0.15) is 24.0 Å². The number of aliphatic hydroxyl groups excluding tert-OH is 1. The fourth-order valence-corrected chi connectivity index (χ4v) is 3.80. The Labute approximate surface area is 150 Å².